The van der Waals surface area contributed by atoms with Crippen LogP contribution in [0.25, 0.3) is 10.8 Å². The molecule has 4 aromatic rings. The van der Waals surface area contributed by atoms with Gasteiger partial charge in [-0.3, -0.25) is 4.57 Å². The summed E-state index contributed by atoms with van der Waals surface area (Å²) in [7, 11) is -3.33. The van der Waals surface area contributed by atoms with Gasteiger partial charge in [0.15, 0.2) is 0 Å². The molecule has 0 aliphatic carbocycles. The molecule has 4 rings (SSSR count). The lowest BCUT2D eigenvalue weighted by Gasteiger charge is -2.19. The molecule has 1 unspecified atom stereocenters. The molecule has 4 aromatic carbocycles. The lowest BCUT2D eigenvalue weighted by molar-refractivity contribution is 0.190. The standard InChI is InChI=1S/C25H23O3P/c26-29(20-22-11-5-2-6-12-22,27-18-21-9-3-1-4-10-21)28-19-23-15-16-24-13-7-8-14-25(24)17-23/h1-17H,18-20H2. The number of hydrogen-bond donors (Lipinski definition) is 0. The summed E-state index contributed by atoms with van der Waals surface area (Å²) >= 11 is 0. The van der Waals surface area contributed by atoms with Crippen LogP contribution in [0.2, 0.25) is 0 Å². The molecule has 0 aliphatic heterocycles. The van der Waals surface area contributed by atoms with Crippen molar-refractivity contribution in [2.75, 3.05) is 0 Å². The van der Waals surface area contributed by atoms with Crippen LogP contribution in [0.4, 0.5) is 0 Å². The second-order valence-corrected chi connectivity index (χ2v) is 9.02. The summed E-state index contributed by atoms with van der Waals surface area (Å²) < 4.78 is 25.3. The van der Waals surface area contributed by atoms with Crippen LogP contribution in [0, 0.1) is 0 Å². The highest BCUT2D eigenvalue weighted by Gasteiger charge is 2.25. The molecule has 1 atom stereocenters. The zero-order valence-electron chi connectivity index (χ0n) is 16.1. The van der Waals surface area contributed by atoms with Crippen LogP contribution in [0.3, 0.4) is 0 Å². The first kappa shape index (κ1) is 19.6. The van der Waals surface area contributed by atoms with E-state index in [2.05, 4.69) is 24.3 Å². The first-order chi connectivity index (χ1) is 14.2. The Morgan fingerprint density at radius 3 is 1.79 bits per heavy atom. The van der Waals surface area contributed by atoms with Crippen molar-refractivity contribution in [2.24, 2.45) is 0 Å². The van der Waals surface area contributed by atoms with E-state index in [1.807, 2.05) is 78.9 Å². The third-order valence-corrected chi connectivity index (χ3v) is 6.53. The van der Waals surface area contributed by atoms with Crippen molar-refractivity contribution < 1.29 is 13.6 Å². The molecule has 0 heterocycles. The highest BCUT2D eigenvalue weighted by molar-refractivity contribution is 7.52. The van der Waals surface area contributed by atoms with Gasteiger partial charge in [-0.2, -0.15) is 0 Å². The summed E-state index contributed by atoms with van der Waals surface area (Å²) in [6, 6.07) is 33.7. The Morgan fingerprint density at radius 2 is 1.10 bits per heavy atom. The predicted octanol–water partition coefficient (Wildman–Crippen LogP) is 6.97. The summed E-state index contributed by atoms with van der Waals surface area (Å²) in [6.07, 6.45) is 0.244. The summed E-state index contributed by atoms with van der Waals surface area (Å²) in [4.78, 5) is 0. The number of benzene rings is 4. The molecule has 0 amide bonds. The van der Waals surface area contributed by atoms with Crippen LogP contribution >= 0.6 is 7.60 Å². The zero-order valence-corrected chi connectivity index (χ0v) is 17.0. The van der Waals surface area contributed by atoms with Crippen LogP contribution in [-0.4, -0.2) is 0 Å². The molecule has 4 heteroatoms. The molecular formula is C25H23O3P. The molecular weight excluding hydrogens is 379 g/mol. The number of fused-ring (bicyclic) bond motifs is 1. The maximum absolute atomic E-state index is 13.5. The minimum atomic E-state index is -3.33. The average Bonchev–Trinajstić information content (AvgIpc) is 2.78. The van der Waals surface area contributed by atoms with E-state index in [0.717, 1.165) is 22.1 Å². The van der Waals surface area contributed by atoms with Crippen LogP contribution in [-0.2, 0) is 33.0 Å². The van der Waals surface area contributed by atoms with E-state index in [-0.39, 0.29) is 19.4 Å². The summed E-state index contributed by atoms with van der Waals surface area (Å²) in [6.45, 7) is 0.492. The fourth-order valence-corrected chi connectivity index (χ4v) is 4.79. The van der Waals surface area contributed by atoms with Crippen LogP contribution in [0.5, 0.6) is 0 Å². The molecule has 3 nitrogen and oxygen atoms in total. The predicted molar refractivity (Wildman–Crippen MR) is 118 cm³/mol. The molecule has 0 aromatic heterocycles. The monoisotopic (exact) mass is 402 g/mol. The highest BCUT2D eigenvalue weighted by Crippen LogP contribution is 2.52. The Morgan fingerprint density at radius 1 is 0.552 bits per heavy atom. The first-order valence-electron chi connectivity index (χ1n) is 9.64. The van der Waals surface area contributed by atoms with Crippen molar-refractivity contribution in [3.63, 3.8) is 0 Å². The van der Waals surface area contributed by atoms with Gasteiger partial charge in [0.1, 0.15) is 0 Å². The fraction of sp³-hybridized carbons (Fsp3) is 0.120. The zero-order chi connectivity index (χ0) is 19.9. The van der Waals surface area contributed by atoms with Crippen molar-refractivity contribution in [2.45, 2.75) is 19.4 Å². The van der Waals surface area contributed by atoms with Gasteiger partial charge in [-0.05, 0) is 33.5 Å². The van der Waals surface area contributed by atoms with Gasteiger partial charge in [-0.15, -0.1) is 0 Å². The summed E-state index contributed by atoms with van der Waals surface area (Å²) in [5.74, 6) is 0. The van der Waals surface area contributed by atoms with E-state index < -0.39 is 7.60 Å². The normalized spacial score (nSPS) is 13.2. The Hall–Kier alpha value is -2.71. The minimum absolute atomic E-state index is 0.240. The van der Waals surface area contributed by atoms with Gasteiger partial charge in [0, 0.05) is 0 Å². The third-order valence-electron chi connectivity index (χ3n) is 4.73. The molecule has 0 spiro atoms. The topological polar surface area (TPSA) is 35.5 Å². The van der Waals surface area contributed by atoms with Crippen molar-refractivity contribution in [1.29, 1.82) is 0 Å². The quantitative estimate of drug-likeness (QED) is 0.299. The first-order valence-corrected chi connectivity index (χ1v) is 11.4. The van der Waals surface area contributed by atoms with Crippen molar-refractivity contribution in [3.05, 3.63) is 120 Å². The Balaban J connectivity index is 1.51. The van der Waals surface area contributed by atoms with E-state index in [9.17, 15) is 4.57 Å². The maximum atomic E-state index is 13.5. The van der Waals surface area contributed by atoms with Gasteiger partial charge in [-0.1, -0.05) is 97.1 Å². The summed E-state index contributed by atoms with van der Waals surface area (Å²) in [5.41, 5.74) is 2.87. The maximum Gasteiger partial charge on any atom is 0.335 e. The van der Waals surface area contributed by atoms with Gasteiger partial charge in [-0.25, -0.2) is 0 Å². The van der Waals surface area contributed by atoms with Gasteiger partial charge >= 0.3 is 7.60 Å². The SMILES string of the molecule is O=P(Cc1ccccc1)(OCc1ccccc1)OCc1ccc2ccccc2c1. The number of hydrogen-bond acceptors (Lipinski definition) is 3. The molecule has 0 bridgehead atoms. The van der Waals surface area contributed by atoms with Gasteiger partial charge in [0.2, 0.25) is 0 Å². The molecule has 0 aliphatic rings. The molecule has 0 saturated heterocycles. The molecule has 0 saturated carbocycles. The van der Waals surface area contributed by atoms with Gasteiger partial charge in [0.05, 0.1) is 19.4 Å². The third kappa shape index (κ3) is 5.42. The molecule has 0 fully saturated rings. The van der Waals surface area contributed by atoms with Gasteiger partial charge < -0.3 is 9.05 Å². The fourth-order valence-electron chi connectivity index (χ4n) is 3.18. The van der Waals surface area contributed by atoms with E-state index in [0.29, 0.717) is 0 Å². The lowest BCUT2D eigenvalue weighted by Crippen LogP contribution is -2.01. The Bertz CT molecular complexity index is 1110. The van der Waals surface area contributed by atoms with Crippen LogP contribution < -0.4 is 0 Å². The van der Waals surface area contributed by atoms with E-state index in [1.54, 1.807) is 0 Å². The lowest BCUT2D eigenvalue weighted by atomic mass is 10.1. The Kier molecular flexibility index (Phi) is 6.21. The second-order valence-electron chi connectivity index (χ2n) is 6.97. The van der Waals surface area contributed by atoms with E-state index >= 15 is 0 Å². The molecule has 0 radical (unpaired) electrons. The van der Waals surface area contributed by atoms with Crippen LogP contribution in [0.1, 0.15) is 16.7 Å². The second kappa shape index (κ2) is 9.19. The van der Waals surface area contributed by atoms with Gasteiger partial charge in [0.25, 0.3) is 0 Å². The highest BCUT2D eigenvalue weighted by atomic mass is 31.2. The van der Waals surface area contributed by atoms with Crippen molar-refractivity contribution >= 4 is 18.4 Å². The van der Waals surface area contributed by atoms with Crippen LogP contribution in [0.15, 0.2) is 103 Å². The van der Waals surface area contributed by atoms with Crippen molar-refractivity contribution in [3.8, 4) is 0 Å². The molecule has 0 N–H and O–H groups in total. The minimum Gasteiger partial charge on any atom is -0.304 e. The van der Waals surface area contributed by atoms with Crippen molar-refractivity contribution in [1.82, 2.24) is 0 Å². The Labute approximate surface area is 171 Å². The molecule has 146 valence electrons. The summed E-state index contributed by atoms with van der Waals surface area (Å²) in [5, 5.41) is 2.31. The largest absolute Gasteiger partial charge is 0.335 e. The number of rotatable bonds is 8. The van der Waals surface area contributed by atoms with E-state index in [4.69, 9.17) is 9.05 Å². The smallest absolute Gasteiger partial charge is 0.304 e. The average molecular weight is 402 g/mol. The molecule has 29 heavy (non-hydrogen) atoms. The van der Waals surface area contributed by atoms with E-state index in [1.165, 1.54) is 5.39 Å².